The molecule has 0 radical (unpaired) electrons. The minimum Gasteiger partial charge on any atom is -0.384 e. The Morgan fingerprint density at radius 3 is 2.58 bits per heavy atom. The van der Waals surface area contributed by atoms with Gasteiger partial charge in [0.1, 0.15) is 11.7 Å². The van der Waals surface area contributed by atoms with Crippen LogP contribution in [0.3, 0.4) is 0 Å². The van der Waals surface area contributed by atoms with E-state index in [0.29, 0.717) is 11.7 Å². The summed E-state index contributed by atoms with van der Waals surface area (Å²) in [4.78, 5) is 5.61. The van der Waals surface area contributed by atoms with Gasteiger partial charge in [0.2, 0.25) is 0 Å². The summed E-state index contributed by atoms with van der Waals surface area (Å²) >= 11 is 0. The average molecular weight is 164 g/mol. The molecular formula is C8H12N4. The molecule has 1 aromatic heterocycles. The molecule has 0 bridgehead atoms. The zero-order valence-corrected chi connectivity index (χ0v) is 7.20. The SMILES string of the molecule is CN(C)C(=N)c1ccc(N)nc1. The van der Waals surface area contributed by atoms with Gasteiger partial charge in [0.15, 0.2) is 0 Å². The Labute approximate surface area is 71.5 Å². The summed E-state index contributed by atoms with van der Waals surface area (Å²) in [6.07, 6.45) is 1.59. The molecule has 0 saturated carbocycles. The predicted octanol–water partition coefficient (Wildman–Crippen LogP) is 0.551. The van der Waals surface area contributed by atoms with Gasteiger partial charge in [0.05, 0.1) is 0 Å². The highest BCUT2D eigenvalue weighted by atomic mass is 15.1. The number of nitrogens with zero attached hydrogens (tertiary/aromatic N) is 2. The van der Waals surface area contributed by atoms with Crippen molar-refractivity contribution < 1.29 is 0 Å². The lowest BCUT2D eigenvalue weighted by molar-refractivity contribution is 0.619. The van der Waals surface area contributed by atoms with Gasteiger partial charge in [-0.15, -0.1) is 0 Å². The number of hydrogen-bond acceptors (Lipinski definition) is 3. The van der Waals surface area contributed by atoms with Crippen molar-refractivity contribution in [2.75, 3.05) is 19.8 Å². The first-order valence-electron chi connectivity index (χ1n) is 3.59. The molecule has 3 N–H and O–H groups in total. The van der Waals surface area contributed by atoms with Crippen molar-refractivity contribution in [1.82, 2.24) is 9.88 Å². The van der Waals surface area contributed by atoms with Gasteiger partial charge in [-0.05, 0) is 12.1 Å². The van der Waals surface area contributed by atoms with Gasteiger partial charge in [0, 0.05) is 25.9 Å². The van der Waals surface area contributed by atoms with Crippen LogP contribution in [0.1, 0.15) is 5.56 Å². The topological polar surface area (TPSA) is 66.0 Å². The molecule has 1 heterocycles. The van der Waals surface area contributed by atoms with Crippen LogP contribution in [0.5, 0.6) is 0 Å². The zero-order valence-electron chi connectivity index (χ0n) is 7.20. The van der Waals surface area contributed by atoms with Crippen molar-refractivity contribution in [3.8, 4) is 0 Å². The molecule has 0 amide bonds. The highest BCUT2D eigenvalue weighted by molar-refractivity contribution is 5.95. The van der Waals surface area contributed by atoms with E-state index < -0.39 is 0 Å². The maximum absolute atomic E-state index is 7.60. The van der Waals surface area contributed by atoms with Crippen LogP contribution in [0, 0.1) is 5.41 Å². The van der Waals surface area contributed by atoms with Gasteiger partial charge in [0.25, 0.3) is 0 Å². The smallest absolute Gasteiger partial charge is 0.129 e. The van der Waals surface area contributed by atoms with Crippen molar-refractivity contribution in [3.63, 3.8) is 0 Å². The van der Waals surface area contributed by atoms with Crippen LogP contribution in [0.4, 0.5) is 5.82 Å². The first kappa shape index (κ1) is 8.52. The summed E-state index contributed by atoms with van der Waals surface area (Å²) in [5, 5.41) is 7.60. The molecule has 4 nitrogen and oxygen atoms in total. The molecule has 1 rings (SSSR count). The Kier molecular flexibility index (Phi) is 2.28. The summed E-state index contributed by atoms with van der Waals surface area (Å²) in [5.74, 6) is 0.910. The minimum atomic E-state index is 0.433. The quantitative estimate of drug-likeness (QED) is 0.470. The molecule has 0 aromatic carbocycles. The van der Waals surface area contributed by atoms with Crippen molar-refractivity contribution in [2.24, 2.45) is 0 Å². The fraction of sp³-hybridized carbons (Fsp3) is 0.250. The van der Waals surface area contributed by atoms with Crippen molar-refractivity contribution >= 4 is 11.7 Å². The molecule has 0 saturated heterocycles. The largest absolute Gasteiger partial charge is 0.384 e. The molecule has 1 aromatic rings. The Morgan fingerprint density at radius 1 is 1.50 bits per heavy atom. The van der Waals surface area contributed by atoms with E-state index >= 15 is 0 Å². The predicted molar refractivity (Wildman–Crippen MR) is 49.2 cm³/mol. The van der Waals surface area contributed by atoms with Gasteiger partial charge in [-0.1, -0.05) is 0 Å². The van der Waals surface area contributed by atoms with Crippen LogP contribution in [-0.2, 0) is 0 Å². The molecule has 0 aliphatic rings. The van der Waals surface area contributed by atoms with E-state index in [1.165, 1.54) is 0 Å². The number of nitrogens with one attached hydrogen (secondary N) is 1. The number of anilines is 1. The van der Waals surface area contributed by atoms with Crippen molar-refractivity contribution in [3.05, 3.63) is 23.9 Å². The maximum atomic E-state index is 7.60. The Bertz CT molecular complexity index is 276. The second-order valence-corrected chi connectivity index (χ2v) is 2.71. The normalized spacial score (nSPS) is 9.50. The molecule has 64 valence electrons. The monoisotopic (exact) mass is 164 g/mol. The molecule has 0 unspecified atom stereocenters. The maximum Gasteiger partial charge on any atom is 0.129 e. The highest BCUT2D eigenvalue weighted by Gasteiger charge is 2.02. The Morgan fingerprint density at radius 2 is 2.17 bits per heavy atom. The fourth-order valence-electron chi connectivity index (χ4n) is 0.804. The lowest BCUT2D eigenvalue weighted by atomic mass is 10.2. The summed E-state index contributed by atoms with van der Waals surface area (Å²) in [6, 6.07) is 3.47. The summed E-state index contributed by atoms with van der Waals surface area (Å²) < 4.78 is 0. The Balaban J connectivity index is 2.90. The van der Waals surface area contributed by atoms with Crippen LogP contribution in [-0.4, -0.2) is 29.8 Å². The molecular weight excluding hydrogens is 152 g/mol. The van der Waals surface area contributed by atoms with Crippen LogP contribution in [0.25, 0.3) is 0 Å². The van der Waals surface area contributed by atoms with Gasteiger partial charge in [-0.25, -0.2) is 4.98 Å². The molecule has 0 spiro atoms. The summed E-state index contributed by atoms with van der Waals surface area (Å²) in [7, 11) is 3.64. The van der Waals surface area contributed by atoms with Crippen LogP contribution >= 0.6 is 0 Å². The van der Waals surface area contributed by atoms with Crippen molar-refractivity contribution in [2.45, 2.75) is 0 Å². The van der Waals surface area contributed by atoms with E-state index in [2.05, 4.69) is 4.98 Å². The number of hydrogen-bond donors (Lipinski definition) is 2. The summed E-state index contributed by atoms with van der Waals surface area (Å²) in [5.41, 5.74) is 6.18. The minimum absolute atomic E-state index is 0.433. The number of rotatable bonds is 1. The van der Waals surface area contributed by atoms with E-state index in [1.807, 2.05) is 14.1 Å². The first-order chi connectivity index (χ1) is 5.61. The van der Waals surface area contributed by atoms with E-state index in [-0.39, 0.29) is 0 Å². The molecule has 0 aliphatic carbocycles. The number of nitrogen functional groups attached to an aromatic ring is 1. The molecule has 4 heteroatoms. The third kappa shape index (κ3) is 1.72. The zero-order chi connectivity index (χ0) is 9.14. The molecule has 0 atom stereocenters. The molecule has 0 aliphatic heterocycles. The van der Waals surface area contributed by atoms with E-state index in [9.17, 15) is 0 Å². The average Bonchev–Trinajstić information content (AvgIpc) is 2.04. The van der Waals surface area contributed by atoms with E-state index in [4.69, 9.17) is 11.1 Å². The van der Waals surface area contributed by atoms with E-state index in [0.717, 1.165) is 5.56 Å². The third-order valence-corrected chi connectivity index (χ3v) is 1.51. The first-order valence-corrected chi connectivity index (χ1v) is 3.59. The molecule has 12 heavy (non-hydrogen) atoms. The standard InChI is InChI=1S/C8H12N4/c1-12(2)8(10)6-3-4-7(9)11-5-6/h3-5,10H,1-2H3,(H2,9,11). The number of nitrogens with two attached hydrogens (primary N) is 1. The fourth-order valence-corrected chi connectivity index (χ4v) is 0.804. The number of amidine groups is 1. The summed E-state index contributed by atoms with van der Waals surface area (Å²) in [6.45, 7) is 0. The second kappa shape index (κ2) is 3.21. The number of aromatic nitrogens is 1. The van der Waals surface area contributed by atoms with Gasteiger partial charge in [-0.3, -0.25) is 5.41 Å². The number of pyridine rings is 1. The molecule has 0 fully saturated rings. The highest BCUT2D eigenvalue weighted by Crippen LogP contribution is 2.02. The van der Waals surface area contributed by atoms with Crippen LogP contribution in [0.15, 0.2) is 18.3 Å². The van der Waals surface area contributed by atoms with Crippen molar-refractivity contribution in [1.29, 1.82) is 5.41 Å². The van der Waals surface area contributed by atoms with E-state index in [1.54, 1.807) is 23.2 Å². The lowest BCUT2D eigenvalue weighted by Gasteiger charge is -2.12. The second-order valence-electron chi connectivity index (χ2n) is 2.71. The van der Waals surface area contributed by atoms with Crippen LogP contribution in [0.2, 0.25) is 0 Å². The van der Waals surface area contributed by atoms with Gasteiger partial charge < -0.3 is 10.6 Å². The Hall–Kier alpha value is -1.58. The lowest BCUT2D eigenvalue weighted by Crippen LogP contribution is -2.21. The third-order valence-electron chi connectivity index (χ3n) is 1.51. The van der Waals surface area contributed by atoms with Gasteiger partial charge in [-0.2, -0.15) is 0 Å². The van der Waals surface area contributed by atoms with Crippen LogP contribution < -0.4 is 5.73 Å². The van der Waals surface area contributed by atoms with Gasteiger partial charge >= 0.3 is 0 Å².